The highest BCUT2D eigenvalue weighted by atomic mass is 16.3. The molecule has 3 heterocycles. The van der Waals surface area contributed by atoms with Crippen LogP contribution in [0.4, 0.5) is 0 Å². The predicted molar refractivity (Wildman–Crippen MR) is 252 cm³/mol. The van der Waals surface area contributed by atoms with Crippen molar-refractivity contribution in [1.29, 1.82) is 0 Å². The number of aromatic nitrogens is 3. The van der Waals surface area contributed by atoms with Crippen LogP contribution in [0.3, 0.4) is 0 Å². The van der Waals surface area contributed by atoms with Gasteiger partial charge in [-0.25, -0.2) is 15.0 Å². The molecule has 0 aliphatic carbocycles. The number of hydrogen-bond acceptors (Lipinski definition) is 5. The fourth-order valence-electron chi connectivity index (χ4n) is 8.80. The van der Waals surface area contributed by atoms with Crippen molar-refractivity contribution in [1.82, 2.24) is 15.0 Å². The summed E-state index contributed by atoms with van der Waals surface area (Å²) in [7, 11) is 0. The van der Waals surface area contributed by atoms with Crippen LogP contribution in [0.25, 0.3) is 123 Å². The molecule has 5 nitrogen and oxygen atoms in total. The van der Waals surface area contributed by atoms with Gasteiger partial charge in [0.2, 0.25) is 0 Å². The number of para-hydroxylation sites is 2. The summed E-state index contributed by atoms with van der Waals surface area (Å²) < 4.78 is 13.2. The van der Waals surface area contributed by atoms with Crippen molar-refractivity contribution in [2.45, 2.75) is 0 Å². The molecule has 290 valence electrons. The van der Waals surface area contributed by atoms with Crippen LogP contribution in [0, 0.1) is 0 Å². The summed E-state index contributed by atoms with van der Waals surface area (Å²) in [6.45, 7) is 0. The van der Waals surface area contributed by atoms with Gasteiger partial charge < -0.3 is 8.83 Å². The van der Waals surface area contributed by atoms with E-state index in [1.165, 1.54) is 0 Å². The number of benzene rings is 9. The van der Waals surface area contributed by atoms with Gasteiger partial charge in [-0.2, -0.15) is 0 Å². The Balaban J connectivity index is 1.00. The third-order valence-corrected chi connectivity index (χ3v) is 11.8. The third-order valence-electron chi connectivity index (χ3n) is 11.8. The Hall–Kier alpha value is -8.41. The summed E-state index contributed by atoms with van der Waals surface area (Å²) in [5.74, 6) is 1.75. The Kier molecular flexibility index (Phi) is 8.42. The highest BCUT2D eigenvalue weighted by Crippen LogP contribution is 2.44. The summed E-state index contributed by atoms with van der Waals surface area (Å²) in [5, 5.41) is 4.27. The second-order valence-corrected chi connectivity index (χ2v) is 15.5. The average Bonchev–Trinajstić information content (AvgIpc) is 3.93. The van der Waals surface area contributed by atoms with Crippen LogP contribution in [0.1, 0.15) is 0 Å². The molecule has 0 N–H and O–H groups in total. The molecule has 12 aromatic rings. The quantitative estimate of drug-likeness (QED) is 0.161. The zero-order valence-electron chi connectivity index (χ0n) is 33.4. The highest BCUT2D eigenvalue weighted by molar-refractivity contribution is 6.16. The molecular weight excluding hydrogens is 759 g/mol. The first-order chi connectivity index (χ1) is 30.7. The molecule has 5 heteroatoms. The van der Waals surface area contributed by atoms with Gasteiger partial charge in [-0.1, -0.05) is 176 Å². The van der Waals surface area contributed by atoms with E-state index in [9.17, 15) is 0 Å². The SMILES string of the molecule is c1ccc(-c2cccc(-c3nc(-c4cccc(-c5ccccc5)c4)nc(-c4ccc5c(c4)oc4cccc(-c6ccccc6-c6cccc7c6oc6ccccc67)c45)n3)c2)cc1. The van der Waals surface area contributed by atoms with E-state index in [0.717, 1.165) is 105 Å². The Bertz CT molecular complexity index is 3540. The molecule has 0 amide bonds. The van der Waals surface area contributed by atoms with Crippen LogP contribution in [0.2, 0.25) is 0 Å². The van der Waals surface area contributed by atoms with Crippen molar-refractivity contribution in [2.24, 2.45) is 0 Å². The van der Waals surface area contributed by atoms with Crippen LogP contribution in [-0.4, -0.2) is 15.0 Å². The van der Waals surface area contributed by atoms with Gasteiger partial charge in [-0.3, -0.25) is 0 Å². The first-order valence-electron chi connectivity index (χ1n) is 20.8. The van der Waals surface area contributed by atoms with E-state index in [-0.39, 0.29) is 0 Å². The molecule has 0 aliphatic heterocycles. The lowest BCUT2D eigenvalue weighted by molar-refractivity contribution is 0.669. The van der Waals surface area contributed by atoms with E-state index in [1.54, 1.807) is 0 Å². The lowest BCUT2D eigenvalue weighted by Crippen LogP contribution is -2.00. The predicted octanol–water partition coefficient (Wildman–Crippen LogP) is 15.3. The number of rotatable bonds is 7. The second kappa shape index (κ2) is 14.7. The number of furan rings is 2. The van der Waals surface area contributed by atoms with Crippen molar-refractivity contribution in [3.63, 3.8) is 0 Å². The largest absolute Gasteiger partial charge is 0.456 e. The molecule has 0 fully saturated rings. The molecule has 9 aromatic carbocycles. The molecule has 0 unspecified atom stereocenters. The lowest BCUT2D eigenvalue weighted by atomic mass is 9.91. The topological polar surface area (TPSA) is 65.0 Å². The molecule has 0 bridgehead atoms. The van der Waals surface area contributed by atoms with Crippen LogP contribution in [0.15, 0.2) is 221 Å². The van der Waals surface area contributed by atoms with Gasteiger partial charge in [0.15, 0.2) is 17.5 Å². The van der Waals surface area contributed by atoms with Gasteiger partial charge in [0.1, 0.15) is 22.3 Å². The van der Waals surface area contributed by atoms with Gasteiger partial charge in [0.25, 0.3) is 0 Å². The normalized spacial score (nSPS) is 11.5. The van der Waals surface area contributed by atoms with Crippen LogP contribution >= 0.6 is 0 Å². The van der Waals surface area contributed by atoms with Crippen LogP contribution < -0.4 is 0 Å². The molecule has 0 atom stereocenters. The fraction of sp³-hybridized carbons (Fsp3) is 0. The molecular formula is C57H35N3O2. The summed E-state index contributed by atoms with van der Waals surface area (Å²) >= 11 is 0. The van der Waals surface area contributed by atoms with E-state index in [2.05, 4.69) is 182 Å². The van der Waals surface area contributed by atoms with Gasteiger partial charge >= 0.3 is 0 Å². The van der Waals surface area contributed by atoms with Crippen LogP contribution in [0.5, 0.6) is 0 Å². The number of nitrogens with zero attached hydrogens (tertiary/aromatic N) is 3. The van der Waals surface area contributed by atoms with E-state index < -0.39 is 0 Å². The fourth-order valence-corrected chi connectivity index (χ4v) is 8.80. The van der Waals surface area contributed by atoms with Crippen molar-refractivity contribution < 1.29 is 8.83 Å². The Morgan fingerprint density at radius 3 is 1.40 bits per heavy atom. The average molecular weight is 794 g/mol. The van der Waals surface area contributed by atoms with Crippen LogP contribution in [-0.2, 0) is 0 Å². The maximum Gasteiger partial charge on any atom is 0.164 e. The maximum atomic E-state index is 6.70. The van der Waals surface area contributed by atoms with Crippen molar-refractivity contribution in [2.75, 3.05) is 0 Å². The molecule has 0 saturated carbocycles. The molecule has 0 radical (unpaired) electrons. The van der Waals surface area contributed by atoms with E-state index in [0.29, 0.717) is 17.5 Å². The summed E-state index contributed by atoms with van der Waals surface area (Å²) in [4.78, 5) is 15.4. The highest BCUT2D eigenvalue weighted by Gasteiger charge is 2.20. The third kappa shape index (κ3) is 6.14. The van der Waals surface area contributed by atoms with Crippen molar-refractivity contribution in [3.8, 4) is 78.7 Å². The van der Waals surface area contributed by atoms with E-state index in [4.69, 9.17) is 23.8 Å². The molecule has 0 spiro atoms. The van der Waals surface area contributed by atoms with Crippen molar-refractivity contribution >= 4 is 43.9 Å². The second-order valence-electron chi connectivity index (χ2n) is 15.5. The Morgan fingerprint density at radius 2 is 0.726 bits per heavy atom. The number of fused-ring (bicyclic) bond motifs is 6. The Morgan fingerprint density at radius 1 is 0.258 bits per heavy atom. The Labute approximate surface area is 357 Å². The smallest absolute Gasteiger partial charge is 0.164 e. The van der Waals surface area contributed by atoms with E-state index >= 15 is 0 Å². The summed E-state index contributed by atoms with van der Waals surface area (Å²) in [6, 6.07) is 73.3. The molecule has 0 saturated heterocycles. The monoisotopic (exact) mass is 793 g/mol. The zero-order valence-corrected chi connectivity index (χ0v) is 33.4. The maximum absolute atomic E-state index is 6.70. The first kappa shape index (κ1) is 35.5. The van der Waals surface area contributed by atoms with Gasteiger partial charge in [0, 0.05) is 43.8 Å². The van der Waals surface area contributed by atoms with Gasteiger partial charge in [-0.15, -0.1) is 0 Å². The molecule has 12 rings (SSSR count). The van der Waals surface area contributed by atoms with Crippen molar-refractivity contribution in [3.05, 3.63) is 212 Å². The molecule has 62 heavy (non-hydrogen) atoms. The molecule has 3 aromatic heterocycles. The minimum atomic E-state index is 0.562. The van der Waals surface area contributed by atoms with E-state index in [1.807, 2.05) is 30.3 Å². The summed E-state index contributed by atoms with van der Waals surface area (Å²) in [5.41, 5.74) is 14.7. The minimum absolute atomic E-state index is 0.562. The lowest BCUT2D eigenvalue weighted by Gasteiger charge is -2.12. The minimum Gasteiger partial charge on any atom is -0.456 e. The number of hydrogen-bond donors (Lipinski definition) is 0. The molecule has 0 aliphatic rings. The van der Waals surface area contributed by atoms with Gasteiger partial charge in [-0.05, 0) is 75.3 Å². The van der Waals surface area contributed by atoms with Gasteiger partial charge in [0.05, 0.1) is 0 Å². The summed E-state index contributed by atoms with van der Waals surface area (Å²) in [6.07, 6.45) is 0. The standard InChI is InChI=1S/C57H35N3O2/c1-3-15-36(16-4-1)38-19-11-21-40(33-38)55-58-56(41-22-12-20-39(34-41)37-17-5-2-6-18-37)60-57(59-55)42-31-32-49-52(35-42)61-51-30-14-26-46(53(49)51)43-23-7-8-24-44(43)47-27-13-28-48-45-25-9-10-29-50(45)62-54(47)48/h1-35H. The first-order valence-corrected chi connectivity index (χ1v) is 20.8. The zero-order chi connectivity index (χ0) is 41.0.